The molecule has 0 unspecified atom stereocenters. The molecule has 0 amide bonds. The van der Waals surface area contributed by atoms with Gasteiger partial charge < -0.3 is 11.5 Å². The lowest BCUT2D eigenvalue weighted by Crippen LogP contribution is -1.93. The molecule has 1 rings (SSSR count). The molecule has 1 aromatic rings. The van der Waals surface area contributed by atoms with Gasteiger partial charge in [-0.1, -0.05) is 11.8 Å². The maximum Gasteiger partial charge on any atom is 0.0555 e. The highest BCUT2D eigenvalue weighted by atomic mass is 79.9. The summed E-state index contributed by atoms with van der Waals surface area (Å²) in [5.41, 5.74) is 12.5. The van der Waals surface area contributed by atoms with Crippen molar-refractivity contribution in [2.45, 2.75) is 0 Å². The van der Waals surface area contributed by atoms with Gasteiger partial charge in [0.15, 0.2) is 0 Å². The molecule has 0 aliphatic heterocycles. The van der Waals surface area contributed by atoms with Crippen LogP contribution >= 0.6 is 15.9 Å². The van der Waals surface area contributed by atoms with Gasteiger partial charge >= 0.3 is 0 Å². The molecular weight excluding hydrogens is 216 g/mol. The Bertz CT molecular complexity index is 336. The lowest BCUT2D eigenvalue weighted by Gasteiger charge is -1.96. The summed E-state index contributed by atoms with van der Waals surface area (Å²) in [6, 6.07) is 5.55. The van der Waals surface area contributed by atoms with Crippen molar-refractivity contribution in [1.29, 1.82) is 0 Å². The summed E-state index contributed by atoms with van der Waals surface area (Å²) < 4.78 is 0.867. The third-order valence-electron chi connectivity index (χ3n) is 1.34. The van der Waals surface area contributed by atoms with Crippen LogP contribution in [0.5, 0.6) is 0 Å². The van der Waals surface area contributed by atoms with Crippen LogP contribution in [-0.2, 0) is 0 Å². The quantitative estimate of drug-likeness (QED) is 0.517. The molecule has 3 heteroatoms. The first-order chi connectivity index (χ1) is 5.74. The molecule has 1 aromatic carbocycles. The van der Waals surface area contributed by atoms with Crippen LogP contribution in [0.2, 0.25) is 0 Å². The SMILES string of the molecule is NCC#Cc1ccc(N)c(Br)c1. The second-order valence-corrected chi connectivity index (χ2v) is 3.10. The zero-order valence-electron chi connectivity index (χ0n) is 6.47. The first kappa shape index (κ1) is 9.11. The Hall–Kier alpha value is -0.980. The second kappa shape index (κ2) is 4.15. The van der Waals surface area contributed by atoms with Gasteiger partial charge in [0.05, 0.1) is 6.54 Å². The monoisotopic (exact) mass is 224 g/mol. The summed E-state index contributed by atoms with van der Waals surface area (Å²) in [7, 11) is 0. The number of nitrogens with two attached hydrogens (primary N) is 2. The number of hydrogen-bond acceptors (Lipinski definition) is 2. The maximum atomic E-state index is 5.60. The lowest BCUT2D eigenvalue weighted by molar-refractivity contribution is 1.30. The predicted octanol–water partition coefficient (Wildman–Crippen LogP) is 1.34. The third kappa shape index (κ3) is 2.26. The topological polar surface area (TPSA) is 52.0 Å². The van der Waals surface area contributed by atoms with Crippen molar-refractivity contribution < 1.29 is 0 Å². The van der Waals surface area contributed by atoms with E-state index in [1.165, 1.54) is 0 Å². The number of halogens is 1. The molecule has 62 valence electrons. The summed E-state index contributed by atoms with van der Waals surface area (Å²) in [6.07, 6.45) is 0. The minimum absolute atomic E-state index is 0.377. The van der Waals surface area contributed by atoms with Crippen molar-refractivity contribution in [3.05, 3.63) is 28.2 Å². The molecule has 0 fully saturated rings. The smallest absolute Gasteiger partial charge is 0.0555 e. The number of hydrogen-bond donors (Lipinski definition) is 2. The van der Waals surface area contributed by atoms with E-state index in [-0.39, 0.29) is 0 Å². The van der Waals surface area contributed by atoms with Crippen molar-refractivity contribution >= 4 is 21.6 Å². The van der Waals surface area contributed by atoms with E-state index in [2.05, 4.69) is 27.8 Å². The Kier molecular flexibility index (Phi) is 3.15. The van der Waals surface area contributed by atoms with E-state index in [1.807, 2.05) is 18.2 Å². The number of anilines is 1. The first-order valence-electron chi connectivity index (χ1n) is 3.48. The summed E-state index contributed by atoms with van der Waals surface area (Å²) in [4.78, 5) is 0. The van der Waals surface area contributed by atoms with Crippen LogP contribution in [0, 0.1) is 11.8 Å². The van der Waals surface area contributed by atoms with Crippen LogP contribution in [0.3, 0.4) is 0 Å². The fraction of sp³-hybridized carbons (Fsp3) is 0.111. The van der Waals surface area contributed by atoms with Gasteiger partial charge in [-0.25, -0.2) is 0 Å². The fourth-order valence-corrected chi connectivity index (χ4v) is 1.14. The van der Waals surface area contributed by atoms with Gasteiger partial charge in [-0.3, -0.25) is 0 Å². The molecule has 12 heavy (non-hydrogen) atoms. The van der Waals surface area contributed by atoms with E-state index in [0.717, 1.165) is 10.0 Å². The standard InChI is InChI=1S/C9H9BrN2/c10-8-6-7(2-1-5-11)3-4-9(8)12/h3-4,6H,5,11-12H2. The fourth-order valence-electron chi connectivity index (χ4n) is 0.758. The van der Waals surface area contributed by atoms with Crippen molar-refractivity contribution in [1.82, 2.24) is 0 Å². The molecule has 0 saturated carbocycles. The van der Waals surface area contributed by atoms with Crippen LogP contribution in [0.4, 0.5) is 5.69 Å². The largest absolute Gasteiger partial charge is 0.398 e. The minimum Gasteiger partial charge on any atom is -0.398 e. The van der Waals surface area contributed by atoms with Crippen LogP contribution in [-0.4, -0.2) is 6.54 Å². The van der Waals surface area contributed by atoms with Gasteiger partial charge in [0.2, 0.25) is 0 Å². The number of rotatable bonds is 0. The molecule has 0 aliphatic rings. The highest BCUT2D eigenvalue weighted by Gasteiger charge is 1.94. The van der Waals surface area contributed by atoms with Gasteiger partial charge in [0.1, 0.15) is 0 Å². The maximum absolute atomic E-state index is 5.60. The number of benzene rings is 1. The van der Waals surface area contributed by atoms with Gasteiger partial charge in [-0.2, -0.15) is 0 Å². The average molecular weight is 225 g/mol. The van der Waals surface area contributed by atoms with E-state index < -0.39 is 0 Å². The summed E-state index contributed by atoms with van der Waals surface area (Å²) in [5, 5.41) is 0. The van der Waals surface area contributed by atoms with E-state index in [0.29, 0.717) is 12.2 Å². The molecule has 0 saturated heterocycles. The van der Waals surface area contributed by atoms with E-state index in [4.69, 9.17) is 11.5 Å². The molecule has 0 aromatic heterocycles. The molecule has 0 radical (unpaired) electrons. The zero-order chi connectivity index (χ0) is 8.97. The molecule has 0 spiro atoms. The molecule has 0 atom stereocenters. The summed E-state index contributed by atoms with van der Waals surface area (Å²) >= 11 is 3.31. The van der Waals surface area contributed by atoms with Gasteiger partial charge in [-0.05, 0) is 34.1 Å². The van der Waals surface area contributed by atoms with Crippen molar-refractivity contribution in [3.8, 4) is 11.8 Å². The average Bonchev–Trinajstić information content (AvgIpc) is 2.07. The highest BCUT2D eigenvalue weighted by Crippen LogP contribution is 2.19. The zero-order valence-corrected chi connectivity index (χ0v) is 8.06. The Morgan fingerprint density at radius 3 is 2.75 bits per heavy atom. The van der Waals surface area contributed by atoms with E-state index in [1.54, 1.807) is 0 Å². The van der Waals surface area contributed by atoms with Crippen LogP contribution in [0.25, 0.3) is 0 Å². The van der Waals surface area contributed by atoms with Gasteiger partial charge in [0.25, 0.3) is 0 Å². The molecule has 0 aliphatic carbocycles. The summed E-state index contributed by atoms with van der Waals surface area (Å²) in [6.45, 7) is 0.377. The van der Waals surface area contributed by atoms with Crippen molar-refractivity contribution in [2.75, 3.05) is 12.3 Å². The molecule has 4 N–H and O–H groups in total. The van der Waals surface area contributed by atoms with Crippen molar-refractivity contribution in [2.24, 2.45) is 5.73 Å². The third-order valence-corrected chi connectivity index (χ3v) is 2.02. The van der Waals surface area contributed by atoms with Crippen LogP contribution < -0.4 is 11.5 Å². The highest BCUT2D eigenvalue weighted by molar-refractivity contribution is 9.10. The van der Waals surface area contributed by atoms with E-state index >= 15 is 0 Å². The van der Waals surface area contributed by atoms with Gasteiger partial charge in [-0.15, -0.1) is 0 Å². The Labute approximate surface area is 80.1 Å². The molecule has 2 nitrogen and oxygen atoms in total. The molecular formula is C9H9BrN2. The first-order valence-corrected chi connectivity index (χ1v) is 4.27. The van der Waals surface area contributed by atoms with E-state index in [9.17, 15) is 0 Å². The number of nitrogen functional groups attached to an aromatic ring is 1. The van der Waals surface area contributed by atoms with Crippen molar-refractivity contribution in [3.63, 3.8) is 0 Å². The normalized spacial score (nSPS) is 8.83. The molecule has 0 bridgehead atoms. The van der Waals surface area contributed by atoms with Gasteiger partial charge in [0, 0.05) is 15.7 Å². The predicted molar refractivity (Wildman–Crippen MR) is 54.5 cm³/mol. The Balaban J connectivity index is 2.97. The van der Waals surface area contributed by atoms with Crippen LogP contribution in [0.15, 0.2) is 22.7 Å². The minimum atomic E-state index is 0.377. The Morgan fingerprint density at radius 2 is 2.17 bits per heavy atom. The van der Waals surface area contributed by atoms with Crippen LogP contribution in [0.1, 0.15) is 5.56 Å². The summed E-state index contributed by atoms with van der Waals surface area (Å²) in [5.74, 6) is 5.68. The second-order valence-electron chi connectivity index (χ2n) is 2.24. The Morgan fingerprint density at radius 1 is 1.42 bits per heavy atom. The lowest BCUT2D eigenvalue weighted by atomic mass is 10.2. The molecule has 0 heterocycles.